The molecule has 14 nitrogen and oxygen atoms in total. The van der Waals surface area contributed by atoms with E-state index in [4.69, 9.17) is 33.8 Å². The molecule has 1 fully saturated rings. The van der Waals surface area contributed by atoms with Gasteiger partial charge in [0, 0.05) is 67.4 Å². The quantitative estimate of drug-likeness (QED) is 0.172. The predicted molar refractivity (Wildman–Crippen MR) is 202 cm³/mol. The van der Waals surface area contributed by atoms with Crippen molar-refractivity contribution in [3.8, 4) is 51.3 Å². The Bertz CT molecular complexity index is 2300. The summed E-state index contributed by atoms with van der Waals surface area (Å²) in [5.74, 6) is 2.39. The highest BCUT2D eigenvalue weighted by molar-refractivity contribution is 6.00. The lowest BCUT2D eigenvalue weighted by molar-refractivity contribution is 0.0533. The zero-order valence-electron chi connectivity index (χ0n) is 30.5. The summed E-state index contributed by atoms with van der Waals surface area (Å²) in [6.45, 7) is 1.26. The molecule has 4 heterocycles. The summed E-state index contributed by atoms with van der Waals surface area (Å²) in [4.78, 5) is 40.7. The van der Waals surface area contributed by atoms with Crippen molar-refractivity contribution in [1.29, 1.82) is 0 Å². The largest absolute Gasteiger partial charge is 0.493 e. The monoisotopic (exact) mass is 729 g/mol. The summed E-state index contributed by atoms with van der Waals surface area (Å²) in [6.07, 6.45) is 1.61. The number of anilines is 2. The molecule has 6 aromatic rings. The molecule has 0 bridgehead atoms. The molecular formula is C40H39N7O7. The summed E-state index contributed by atoms with van der Waals surface area (Å²) < 4.78 is 29.2. The maximum absolute atomic E-state index is 14.1. The summed E-state index contributed by atoms with van der Waals surface area (Å²) >= 11 is 0. The van der Waals surface area contributed by atoms with Crippen molar-refractivity contribution in [3.63, 3.8) is 0 Å². The molecule has 14 heteroatoms. The lowest BCUT2D eigenvalue weighted by atomic mass is 10.1. The second-order valence-corrected chi connectivity index (χ2v) is 12.3. The fourth-order valence-electron chi connectivity index (χ4n) is 6.45. The van der Waals surface area contributed by atoms with Crippen molar-refractivity contribution in [2.45, 2.75) is 0 Å². The number of hydrogen-bond acceptors (Lipinski definition) is 11. The zero-order valence-corrected chi connectivity index (χ0v) is 30.5. The molecule has 3 aromatic carbocycles. The minimum Gasteiger partial charge on any atom is -0.493 e. The van der Waals surface area contributed by atoms with Crippen LogP contribution in [0.2, 0.25) is 0 Å². The number of methoxy groups -OCH3 is 5. The van der Waals surface area contributed by atoms with Gasteiger partial charge in [-0.25, -0.2) is 14.5 Å². The van der Waals surface area contributed by atoms with Crippen molar-refractivity contribution in [2.75, 3.05) is 67.0 Å². The van der Waals surface area contributed by atoms with Gasteiger partial charge in [0.05, 0.1) is 52.5 Å². The van der Waals surface area contributed by atoms with Gasteiger partial charge in [-0.1, -0.05) is 30.3 Å². The van der Waals surface area contributed by atoms with Crippen molar-refractivity contribution in [3.05, 3.63) is 102 Å². The van der Waals surface area contributed by atoms with Gasteiger partial charge in [-0.05, 0) is 36.4 Å². The van der Waals surface area contributed by atoms with Crippen molar-refractivity contribution < 1.29 is 33.3 Å². The van der Waals surface area contributed by atoms with Crippen LogP contribution in [-0.2, 0) is 0 Å². The molecule has 0 saturated carbocycles. The zero-order chi connectivity index (χ0) is 37.8. The Morgan fingerprint density at radius 3 is 1.96 bits per heavy atom. The van der Waals surface area contributed by atoms with E-state index in [1.54, 1.807) is 65.1 Å². The maximum atomic E-state index is 14.1. The molecule has 7 rings (SSSR count). The van der Waals surface area contributed by atoms with Crippen LogP contribution < -0.4 is 29.0 Å². The van der Waals surface area contributed by atoms with Gasteiger partial charge in [-0.15, -0.1) is 0 Å². The summed E-state index contributed by atoms with van der Waals surface area (Å²) in [6, 6.07) is 25.9. The molecule has 0 unspecified atom stereocenters. The number of rotatable bonds is 11. The van der Waals surface area contributed by atoms with Crippen LogP contribution in [0, 0.1) is 0 Å². The Morgan fingerprint density at radius 1 is 0.648 bits per heavy atom. The second-order valence-electron chi connectivity index (χ2n) is 12.3. The molecule has 2 amide bonds. The van der Waals surface area contributed by atoms with E-state index in [9.17, 15) is 9.59 Å². The fraction of sp³-hybridized carbons (Fsp3) is 0.225. The number of ether oxygens (including phenoxy) is 5. The molecule has 0 radical (unpaired) electrons. The van der Waals surface area contributed by atoms with Crippen LogP contribution in [0.4, 0.5) is 11.5 Å². The highest BCUT2D eigenvalue weighted by Crippen LogP contribution is 2.41. The molecule has 0 aliphatic carbocycles. The standard InChI is InChI=1S/C40H39N7O7/c1-50-32-14-13-26(20-33(32)51-2)31-23-30(43-36-24-29(44-47(31)36)25-10-7-6-8-11-25)40(49)46-18-16-45(17-19-46)39(48)28-12-9-15-41-38(28)42-27-21-34(52-3)37(54-5)35(22-27)53-4/h6-15,20-24H,16-19H2,1-5H3,(H,41,42). The number of nitrogens with one attached hydrogen (secondary N) is 1. The first-order valence-electron chi connectivity index (χ1n) is 17.1. The number of aromatic nitrogens is 4. The van der Waals surface area contributed by atoms with E-state index in [1.807, 2.05) is 54.6 Å². The van der Waals surface area contributed by atoms with Crippen LogP contribution in [0.3, 0.4) is 0 Å². The number of carbonyl (C=O) groups is 2. The Labute approximate surface area is 311 Å². The highest BCUT2D eigenvalue weighted by Gasteiger charge is 2.29. The molecule has 54 heavy (non-hydrogen) atoms. The Hall–Kier alpha value is -6.83. The number of nitrogens with zero attached hydrogens (tertiary/aromatic N) is 6. The molecule has 1 N–H and O–H groups in total. The van der Waals surface area contributed by atoms with Crippen LogP contribution >= 0.6 is 0 Å². The van der Waals surface area contributed by atoms with Crippen LogP contribution in [0.25, 0.3) is 28.2 Å². The van der Waals surface area contributed by atoms with E-state index in [0.29, 0.717) is 83.3 Å². The van der Waals surface area contributed by atoms with E-state index in [0.717, 1.165) is 16.8 Å². The molecule has 1 aliphatic rings. The molecule has 0 spiro atoms. The number of piperazine rings is 1. The van der Waals surface area contributed by atoms with E-state index >= 15 is 0 Å². The average Bonchev–Trinajstić information content (AvgIpc) is 3.67. The molecule has 276 valence electrons. The third-order valence-corrected chi connectivity index (χ3v) is 9.21. The summed E-state index contributed by atoms with van der Waals surface area (Å²) in [5, 5.41) is 8.10. The van der Waals surface area contributed by atoms with Crippen LogP contribution in [0.5, 0.6) is 28.7 Å². The Morgan fingerprint density at radius 2 is 1.31 bits per heavy atom. The number of benzene rings is 3. The van der Waals surface area contributed by atoms with Gasteiger partial charge in [0.15, 0.2) is 28.6 Å². The van der Waals surface area contributed by atoms with Gasteiger partial charge in [-0.2, -0.15) is 5.10 Å². The summed E-state index contributed by atoms with van der Waals surface area (Å²) in [7, 11) is 7.76. The van der Waals surface area contributed by atoms with E-state index in [2.05, 4.69) is 10.3 Å². The average molecular weight is 730 g/mol. The van der Waals surface area contributed by atoms with Gasteiger partial charge in [-0.3, -0.25) is 9.59 Å². The number of fused-ring (bicyclic) bond motifs is 1. The van der Waals surface area contributed by atoms with Crippen LogP contribution in [0.1, 0.15) is 20.8 Å². The number of pyridine rings is 1. The SMILES string of the molecule is COc1ccc(-c2cc(C(=O)N3CCN(C(=O)c4cccnc4Nc4cc(OC)c(OC)c(OC)c4)CC3)nc3cc(-c4ccccc4)nn23)cc1OC. The highest BCUT2D eigenvalue weighted by atomic mass is 16.5. The third kappa shape index (κ3) is 6.88. The first-order chi connectivity index (χ1) is 26.3. The van der Waals surface area contributed by atoms with Gasteiger partial charge < -0.3 is 38.8 Å². The lowest BCUT2D eigenvalue weighted by Crippen LogP contribution is -2.50. The van der Waals surface area contributed by atoms with Gasteiger partial charge in [0.2, 0.25) is 5.75 Å². The van der Waals surface area contributed by atoms with Crippen molar-refractivity contribution >= 4 is 29.0 Å². The van der Waals surface area contributed by atoms with Gasteiger partial charge in [0.1, 0.15) is 11.5 Å². The topological polar surface area (TPSA) is 142 Å². The fourth-order valence-corrected chi connectivity index (χ4v) is 6.45. The number of amides is 2. The van der Waals surface area contributed by atoms with Crippen molar-refractivity contribution in [1.82, 2.24) is 29.4 Å². The normalized spacial score (nSPS) is 12.7. The minimum atomic E-state index is -0.250. The molecule has 1 aliphatic heterocycles. The van der Waals surface area contributed by atoms with Crippen molar-refractivity contribution in [2.24, 2.45) is 0 Å². The van der Waals surface area contributed by atoms with E-state index in [1.165, 1.54) is 21.3 Å². The van der Waals surface area contributed by atoms with Crippen LogP contribution in [0.15, 0.2) is 91.1 Å². The van der Waals surface area contributed by atoms with Gasteiger partial charge in [0.25, 0.3) is 11.8 Å². The molecule has 1 saturated heterocycles. The number of carbonyl (C=O) groups excluding carboxylic acids is 2. The molecule has 0 atom stereocenters. The summed E-state index contributed by atoms with van der Waals surface area (Å²) in [5.41, 5.74) is 4.81. The first kappa shape index (κ1) is 35.6. The van der Waals surface area contributed by atoms with Crippen LogP contribution in [-0.4, -0.2) is 103 Å². The lowest BCUT2D eigenvalue weighted by Gasteiger charge is -2.35. The maximum Gasteiger partial charge on any atom is 0.272 e. The Balaban J connectivity index is 1.13. The predicted octanol–water partition coefficient (Wildman–Crippen LogP) is 5.84. The van der Waals surface area contributed by atoms with E-state index in [-0.39, 0.29) is 17.5 Å². The second kappa shape index (κ2) is 15.4. The molecular weight excluding hydrogens is 690 g/mol. The number of hydrogen-bond donors (Lipinski definition) is 1. The smallest absolute Gasteiger partial charge is 0.272 e. The Kier molecular flexibility index (Phi) is 10.2. The molecule has 3 aromatic heterocycles. The van der Waals surface area contributed by atoms with Gasteiger partial charge >= 0.3 is 0 Å². The minimum absolute atomic E-state index is 0.215. The first-order valence-corrected chi connectivity index (χ1v) is 17.1. The third-order valence-electron chi connectivity index (χ3n) is 9.21. The van der Waals surface area contributed by atoms with E-state index < -0.39 is 0 Å².